The number of hydrogen-bond acceptors (Lipinski definition) is 2. The number of methoxy groups -OCH3 is 1. The van der Waals surface area contributed by atoms with Crippen LogP contribution in [-0.4, -0.2) is 20.2 Å². The molecular weight excluding hydrogens is 246 g/mol. The Balaban J connectivity index is 1.73. The van der Waals surface area contributed by atoms with Gasteiger partial charge in [-0.1, -0.05) is 19.9 Å². The average molecular weight is 273 g/mol. The molecule has 1 aromatic rings. The lowest BCUT2D eigenvalue weighted by Gasteiger charge is -2.34. The highest BCUT2D eigenvalue weighted by atomic mass is 16.5. The van der Waals surface area contributed by atoms with E-state index in [0.717, 1.165) is 17.6 Å². The predicted molar refractivity (Wildman–Crippen MR) is 84.7 cm³/mol. The SMILES string of the molecule is COc1cc(C(C)C)ccc1N1CCC(C2CC2)CC1. The molecule has 0 unspecified atom stereocenters. The molecule has 20 heavy (non-hydrogen) atoms. The summed E-state index contributed by atoms with van der Waals surface area (Å²) in [7, 11) is 1.79. The first-order chi connectivity index (χ1) is 9.69. The molecule has 2 fully saturated rings. The van der Waals surface area contributed by atoms with Crippen molar-refractivity contribution in [3.63, 3.8) is 0 Å². The van der Waals surface area contributed by atoms with Crippen LogP contribution >= 0.6 is 0 Å². The minimum atomic E-state index is 0.554. The van der Waals surface area contributed by atoms with Crippen LogP contribution in [0.3, 0.4) is 0 Å². The van der Waals surface area contributed by atoms with E-state index in [9.17, 15) is 0 Å². The van der Waals surface area contributed by atoms with Crippen molar-refractivity contribution < 1.29 is 4.74 Å². The van der Waals surface area contributed by atoms with Crippen molar-refractivity contribution in [2.45, 2.75) is 45.4 Å². The molecule has 110 valence electrons. The number of hydrogen-bond donors (Lipinski definition) is 0. The van der Waals surface area contributed by atoms with Gasteiger partial charge in [0.1, 0.15) is 5.75 Å². The number of rotatable bonds is 4. The van der Waals surface area contributed by atoms with Crippen molar-refractivity contribution in [1.82, 2.24) is 0 Å². The van der Waals surface area contributed by atoms with Crippen molar-refractivity contribution in [1.29, 1.82) is 0 Å². The van der Waals surface area contributed by atoms with Gasteiger partial charge in [-0.25, -0.2) is 0 Å². The van der Waals surface area contributed by atoms with E-state index >= 15 is 0 Å². The van der Waals surface area contributed by atoms with Crippen LogP contribution in [0.15, 0.2) is 18.2 Å². The number of piperidine rings is 1. The lowest BCUT2D eigenvalue weighted by atomic mass is 9.91. The van der Waals surface area contributed by atoms with Crippen LogP contribution in [0.4, 0.5) is 5.69 Å². The maximum atomic E-state index is 5.63. The summed E-state index contributed by atoms with van der Waals surface area (Å²) in [4.78, 5) is 2.52. The van der Waals surface area contributed by atoms with Gasteiger partial charge in [-0.2, -0.15) is 0 Å². The molecule has 3 rings (SSSR count). The second kappa shape index (κ2) is 5.67. The summed E-state index contributed by atoms with van der Waals surface area (Å²) < 4.78 is 5.63. The van der Waals surface area contributed by atoms with Gasteiger partial charge in [-0.15, -0.1) is 0 Å². The third-order valence-electron chi connectivity index (χ3n) is 5.04. The third kappa shape index (κ3) is 2.79. The first-order valence-electron chi connectivity index (χ1n) is 8.12. The second-order valence-corrected chi connectivity index (χ2v) is 6.75. The van der Waals surface area contributed by atoms with Gasteiger partial charge in [-0.3, -0.25) is 0 Å². The van der Waals surface area contributed by atoms with Gasteiger partial charge in [0.2, 0.25) is 0 Å². The van der Waals surface area contributed by atoms with Gasteiger partial charge in [0.15, 0.2) is 0 Å². The van der Waals surface area contributed by atoms with Crippen molar-refractivity contribution >= 4 is 5.69 Å². The summed E-state index contributed by atoms with van der Waals surface area (Å²) in [5, 5.41) is 0. The average Bonchev–Trinajstić information content (AvgIpc) is 3.31. The van der Waals surface area contributed by atoms with Gasteiger partial charge in [-0.05, 0) is 61.1 Å². The van der Waals surface area contributed by atoms with E-state index in [4.69, 9.17) is 4.74 Å². The van der Waals surface area contributed by atoms with Crippen LogP contribution < -0.4 is 9.64 Å². The van der Waals surface area contributed by atoms with Crippen LogP contribution in [-0.2, 0) is 0 Å². The fraction of sp³-hybridized carbons (Fsp3) is 0.667. The lowest BCUT2D eigenvalue weighted by molar-refractivity contribution is 0.358. The molecule has 0 amide bonds. The van der Waals surface area contributed by atoms with Gasteiger partial charge in [0.25, 0.3) is 0 Å². The summed E-state index contributed by atoms with van der Waals surface area (Å²) >= 11 is 0. The number of anilines is 1. The first-order valence-corrected chi connectivity index (χ1v) is 8.12. The maximum absolute atomic E-state index is 5.63. The molecule has 1 heterocycles. The molecule has 0 aromatic heterocycles. The first kappa shape index (κ1) is 13.8. The molecule has 1 saturated carbocycles. The van der Waals surface area contributed by atoms with Crippen molar-refractivity contribution in [3.8, 4) is 5.75 Å². The van der Waals surface area contributed by atoms with Crippen LogP contribution in [0, 0.1) is 11.8 Å². The van der Waals surface area contributed by atoms with Crippen LogP contribution in [0.1, 0.15) is 51.0 Å². The number of benzene rings is 1. The van der Waals surface area contributed by atoms with E-state index in [2.05, 4.69) is 36.9 Å². The highest BCUT2D eigenvalue weighted by Gasteiger charge is 2.33. The highest BCUT2D eigenvalue weighted by Crippen LogP contribution is 2.43. The molecule has 0 spiro atoms. The molecule has 1 aliphatic carbocycles. The minimum absolute atomic E-state index is 0.554. The summed E-state index contributed by atoms with van der Waals surface area (Å²) in [5.74, 6) is 3.65. The Labute approximate surface area is 123 Å². The molecule has 2 aliphatic rings. The number of nitrogens with zero attached hydrogens (tertiary/aromatic N) is 1. The Morgan fingerprint density at radius 2 is 1.70 bits per heavy atom. The Morgan fingerprint density at radius 3 is 2.25 bits per heavy atom. The summed E-state index contributed by atoms with van der Waals surface area (Å²) in [6.45, 7) is 6.85. The third-order valence-corrected chi connectivity index (χ3v) is 5.04. The fourth-order valence-electron chi connectivity index (χ4n) is 3.49. The monoisotopic (exact) mass is 273 g/mol. The zero-order chi connectivity index (χ0) is 14.1. The standard InChI is InChI=1S/C18H27NO/c1-13(2)16-6-7-17(18(12-16)20-3)19-10-8-15(9-11-19)14-4-5-14/h6-7,12-15H,4-5,8-11H2,1-3H3. The van der Waals surface area contributed by atoms with Gasteiger partial charge >= 0.3 is 0 Å². The van der Waals surface area contributed by atoms with E-state index in [-0.39, 0.29) is 0 Å². The van der Waals surface area contributed by atoms with Crippen LogP contribution in [0.25, 0.3) is 0 Å². The smallest absolute Gasteiger partial charge is 0.142 e. The molecule has 2 nitrogen and oxygen atoms in total. The molecule has 0 N–H and O–H groups in total. The second-order valence-electron chi connectivity index (χ2n) is 6.75. The largest absolute Gasteiger partial charge is 0.495 e. The topological polar surface area (TPSA) is 12.5 Å². The van der Waals surface area contributed by atoms with Crippen molar-refractivity contribution in [2.24, 2.45) is 11.8 Å². The van der Waals surface area contributed by atoms with E-state index in [1.54, 1.807) is 7.11 Å². The molecule has 0 atom stereocenters. The maximum Gasteiger partial charge on any atom is 0.142 e. The lowest BCUT2D eigenvalue weighted by Crippen LogP contribution is -2.34. The molecular formula is C18H27NO. The predicted octanol–water partition coefficient (Wildman–Crippen LogP) is 4.45. The zero-order valence-corrected chi connectivity index (χ0v) is 13.1. The van der Waals surface area contributed by atoms with Crippen LogP contribution in [0.5, 0.6) is 5.75 Å². The van der Waals surface area contributed by atoms with E-state index in [0.29, 0.717) is 5.92 Å². The normalized spacial score (nSPS) is 20.5. The highest BCUT2D eigenvalue weighted by molar-refractivity contribution is 5.60. The Morgan fingerprint density at radius 1 is 1.05 bits per heavy atom. The van der Waals surface area contributed by atoms with Crippen LogP contribution in [0.2, 0.25) is 0 Å². The number of ether oxygens (including phenoxy) is 1. The fourth-order valence-corrected chi connectivity index (χ4v) is 3.49. The zero-order valence-electron chi connectivity index (χ0n) is 13.1. The minimum Gasteiger partial charge on any atom is -0.495 e. The van der Waals surface area contributed by atoms with E-state index in [1.807, 2.05) is 0 Å². The quantitative estimate of drug-likeness (QED) is 0.804. The van der Waals surface area contributed by atoms with Crippen molar-refractivity contribution in [2.75, 3.05) is 25.1 Å². The Kier molecular flexibility index (Phi) is 3.91. The van der Waals surface area contributed by atoms with Gasteiger partial charge < -0.3 is 9.64 Å². The summed E-state index contributed by atoms with van der Waals surface area (Å²) in [6, 6.07) is 6.73. The molecule has 1 aromatic carbocycles. The van der Waals surface area contributed by atoms with E-state index < -0.39 is 0 Å². The molecule has 0 radical (unpaired) electrons. The van der Waals surface area contributed by atoms with Gasteiger partial charge in [0, 0.05) is 13.1 Å². The Bertz CT molecular complexity index is 456. The summed E-state index contributed by atoms with van der Waals surface area (Å²) in [5.41, 5.74) is 2.64. The van der Waals surface area contributed by atoms with Gasteiger partial charge in [0.05, 0.1) is 12.8 Å². The Hall–Kier alpha value is -1.18. The molecule has 1 saturated heterocycles. The molecule has 2 heteroatoms. The molecule has 0 bridgehead atoms. The summed E-state index contributed by atoms with van der Waals surface area (Å²) in [6.07, 6.45) is 5.69. The molecule has 1 aliphatic heterocycles. The van der Waals surface area contributed by atoms with E-state index in [1.165, 1.54) is 50.0 Å². The van der Waals surface area contributed by atoms with Crippen molar-refractivity contribution in [3.05, 3.63) is 23.8 Å².